The van der Waals surface area contributed by atoms with Crippen LogP contribution in [-0.2, 0) is 10.0 Å². The predicted molar refractivity (Wildman–Crippen MR) is 81.2 cm³/mol. The van der Waals surface area contributed by atoms with Gasteiger partial charge in [0, 0.05) is 24.7 Å². The normalized spacial score (nSPS) is 24.0. The number of hydrogen-bond acceptors (Lipinski definition) is 4. The van der Waals surface area contributed by atoms with E-state index < -0.39 is 33.0 Å². The molecule has 2 N–H and O–H groups in total. The highest BCUT2D eigenvalue weighted by molar-refractivity contribution is 7.90. The summed E-state index contributed by atoms with van der Waals surface area (Å²) < 4.78 is 53.9. The number of aliphatic hydroxyl groups is 1. The summed E-state index contributed by atoms with van der Waals surface area (Å²) in [4.78, 5) is 1.77. The highest BCUT2D eigenvalue weighted by Gasteiger charge is 2.37. The van der Waals surface area contributed by atoms with Gasteiger partial charge in [-0.1, -0.05) is 0 Å². The van der Waals surface area contributed by atoms with Gasteiger partial charge in [0.2, 0.25) is 10.0 Å². The van der Waals surface area contributed by atoms with Crippen molar-refractivity contribution in [1.29, 1.82) is 0 Å². The minimum absolute atomic E-state index is 0.0704. The molecule has 1 heterocycles. The summed E-state index contributed by atoms with van der Waals surface area (Å²) >= 11 is 0. The summed E-state index contributed by atoms with van der Waals surface area (Å²) in [6.45, 7) is 0.871. The molecule has 0 unspecified atom stereocenters. The van der Waals surface area contributed by atoms with Crippen LogP contribution in [0, 0.1) is 11.6 Å². The Morgan fingerprint density at radius 3 is 2.74 bits per heavy atom. The van der Waals surface area contributed by atoms with Gasteiger partial charge < -0.3 is 5.11 Å². The molecule has 3 rings (SSSR count). The van der Waals surface area contributed by atoms with Crippen LogP contribution in [0.1, 0.15) is 30.9 Å². The number of nitrogens with zero attached hydrogens (tertiary/aromatic N) is 1. The number of nitrogens with one attached hydrogen (secondary N) is 1. The molecule has 1 aliphatic heterocycles. The second-order valence-electron chi connectivity index (χ2n) is 6.29. The molecule has 5 nitrogen and oxygen atoms in total. The van der Waals surface area contributed by atoms with Gasteiger partial charge in [-0.3, -0.25) is 4.90 Å². The Morgan fingerprint density at radius 2 is 2.04 bits per heavy atom. The maximum atomic E-state index is 13.7. The smallest absolute Gasteiger partial charge is 0.216 e. The average Bonchev–Trinajstić information content (AvgIpc) is 3.15. The minimum atomic E-state index is -3.35. The van der Waals surface area contributed by atoms with Gasteiger partial charge in [-0.2, -0.15) is 0 Å². The van der Waals surface area contributed by atoms with Gasteiger partial charge in [0.1, 0.15) is 11.6 Å². The van der Waals surface area contributed by atoms with Gasteiger partial charge in [-0.25, -0.2) is 21.9 Å². The van der Waals surface area contributed by atoms with E-state index in [1.807, 2.05) is 0 Å². The lowest BCUT2D eigenvalue weighted by molar-refractivity contribution is 0.122. The molecule has 2 aliphatic rings. The number of hydrogen-bond donors (Lipinski definition) is 2. The first-order chi connectivity index (χ1) is 10.8. The Hall–Kier alpha value is -1.09. The fourth-order valence-corrected chi connectivity index (χ4v) is 4.57. The number of likely N-dealkylation sites (tertiary alicyclic amines) is 1. The SMILES string of the molecule is O=S(=O)(NC1CC1)[C@H]1CCN(C[C@H](O)c2cc(F)ccc2F)C1. The zero-order valence-electron chi connectivity index (χ0n) is 12.6. The molecule has 2 atom stereocenters. The molecule has 8 heteroatoms. The van der Waals surface area contributed by atoms with E-state index in [4.69, 9.17) is 0 Å². The third-order valence-corrected chi connectivity index (χ3v) is 6.25. The number of β-amino-alcohol motifs (C(OH)–C–C–N with tert-alkyl or cyclic N) is 1. The van der Waals surface area contributed by atoms with E-state index >= 15 is 0 Å². The Bertz CT molecular complexity index is 679. The highest BCUT2D eigenvalue weighted by Crippen LogP contribution is 2.25. The summed E-state index contributed by atoms with van der Waals surface area (Å²) in [5.41, 5.74) is -0.104. The van der Waals surface area contributed by atoms with Gasteiger partial charge in [-0.05, 0) is 44.0 Å². The molecule has 1 saturated carbocycles. The number of sulfonamides is 1. The largest absolute Gasteiger partial charge is 0.387 e. The molecule has 1 aromatic carbocycles. The molecule has 1 saturated heterocycles. The van der Waals surface area contributed by atoms with Crippen LogP contribution in [0.3, 0.4) is 0 Å². The monoisotopic (exact) mass is 346 g/mol. The van der Waals surface area contributed by atoms with E-state index in [0.29, 0.717) is 13.0 Å². The van der Waals surface area contributed by atoms with Gasteiger partial charge in [0.05, 0.1) is 11.4 Å². The quantitative estimate of drug-likeness (QED) is 0.811. The van der Waals surface area contributed by atoms with Crippen LogP contribution in [-0.4, -0.2) is 49.4 Å². The maximum Gasteiger partial charge on any atom is 0.216 e. The van der Waals surface area contributed by atoms with Crippen molar-refractivity contribution in [2.45, 2.75) is 36.7 Å². The lowest BCUT2D eigenvalue weighted by Crippen LogP contribution is -2.38. The van der Waals surface area contributed by atoms with Crippen LogP contribution in [0.5, 0.6) is 0 Å². The first-order valence-corrected chi connectivity index (χ1v) is 9.26. The van der Waals surface area contributed by atoms with E-state index in [1.54, 1.807) is 4.90 Å². The first kappa shape index (κ1) is 16.8. The molecule has 128 valence electrons. The second-order valence-corrected chi connectivity index (χ2v) is 8.28. The predicted octanol–water partition coefficient (Wildman–Crippen LogP) is 1.15. The van der Waals surface area contributed by atoms with Crippen molar-refractivity contribution in [2.75, 3.05) is 19.6 Å². The van der Waals surface area contributed by atoms with Crippen molar-refractivity contribution in [3.63, 3.8) is 0 Å². The summed E-state index contributed by atoms with van der Waals surface area (Å²) in [6.07, 6.45) is 1.05. The highest BCUT2D eigenvalue weighted by atomic mass is 32.2. The van der Waals surface area contributed by atoms with E-state index in [1.165, 1.54) is 0 Å². The Kier molecular flexibility index (Phi) is 4.68. The number of halogens is 2. The molecule has 0 radical (unpaired) electrons. The lowest BCUT2D eigenvalue weighted by atomic mass is 10.1. The van der Waals surface area contributed by atoms with E-state index in [0.717, 1.165) is 31.0 Å². The molecule has 2 fully saturated rings. The number of aliphatic hydroxyl groups excluding tert-OH is 1. The molecule has 23 heavy (non-hydrogen) atoms. The van der Waals surface area contributed by atoms with Crippen molar-refractivity contribution >= 4 is 10.0 Å². The molecule has 0 aromatic heterocycles. The Labute approximate surface area is 134 Å². The van der Waals surface area contributed by atoms with Crippen molar-refractivity contribution in [2.24, 2.45) is 0 Å². The molecule has 0 bridgehead atoms. The minimum Gasteiger partial charge on any atom is -0.387 e. The van der Waals surface area contributed by atoms with Gasteiger partial charge in [-0.15, -0.1) is 0 Å². The number of rotatable bonds is 6. The van der Waals surface area contributed by atoms with Crippen LogP contribution < -0.4 is 4.72 Å². The molecule has 1 aromatic rings. The van der Waals surface area contributed by atoms with Crippen LogP contribution in [0.2, 0.25) is 0 Å². The molecular weight excluding hydrogens is 326 g/mol. The van der Waals surface area contributed by atoms with Gasteiger partial charge in [0.25, 0.3) is 0 Å². The van der Waals surface area contributed by atoms with Gasteiger partial charge in [0.15, 0.2) is 0 Å². The lowest BCUT2D eigenvalue weighted by Gasteiger charge is -2.21. The van der Waals surface area contributed by atoms with Crippen LogP contribution in [0.15, 0.2) is 18.2 Å². The fourth-order valence-electron chi connectivity index (χ4n) is 2.86. The van der Waals surface area contributed by atoms with Crippen LogP contribution >= 0.6 is 0 Å². The second kappa shape index (κ2) is 6.43. The summed E-state index contributed by atoms with van der Waals surface area (Å²) in [5, 5.41) is 9.60. The number of benzene rings is 1. The van der Waals surface area contributed by atoms with E-state index in [2.05, 4.69) is 4.72 Å². The van der Waals surface area contributed by atoms with Crippen molar-refractivity contribution in [3.8, 4) is 0 Å². The Balaban J connectivity index is 1.60. The van der Waals surface area contributed by atoms with E-state index in [-0.39, 0.29) is 24.7 Å². The average molecular weight is 346 g/mol. The van der Waals surface area contributed by atoms with Gasteiger partial charge >= 0.3 is 0 Å². The third kappa shape index (κ3) is 4.06. The van der Waals surface area contributed by atoms with E-state index in [9.17, 15) is 22.3 Å². The topological polar surface area (TPSA) is 69.6 Å². The summed E-state index contributed by atoms with van der Waals surface area (Å²) in [6, 6.07) is 3.01. The van der Waals surface area contributed by atoms with Crippen molar-refractivity contribution in [3.05, 3.63) is 35.4 Å². The van der Waals surface area contributed by atoms with Crippen molar-refractivity contribution in [1.82, 2.24) is 9.62 Å². The fraction of sp³-hybridized carbons (Fsp3) is 0.600. The van der Waals surface area contributed by atoms with Crippen molar-refractivity contribution < 1.29 is 22.3 Å². The standard InChI is InChI=1S/C15H20F2N2O3S/c16-10-1-4-14(17)13(7-10)15(20)9-19-6-5-12(8-19)23(21,22)18-11-2-3-11/h1,4,7,11-12,15,18,20H,2-3,5-6,8-9H2/t12-,15-/m0/s1. The summed E-state index contributed by atoms with van der Waals surface area (Å²) in [5.74, 6) is -1.28. The maximum absolute atomic E-state index is 13.7. The zero-order valence-corrected chi connectivity index (χ0v) is 13.4. The van der Waals surface area contributed by atoms with Crippen LogP contribution in [0.4, 0.5) is 8.78 Å². The summed E-state index contributed by atoms with van der Waals surface area (Å²) in [7, 11) is -3.35. The van der Waals surface area contributed by atoms with Crippen LogP contribution in [0.25, 0.3) is 0 Å². The zero-order chi connectivity index (χ0) is 16.6. The molecule has 1 aliphatic carbocycles. The molecule has 0 spiro atoms. The molecule has 0 amide bonds. The third-order valence-electron chi connectivity index (χ3n) is 4.32. The molecular formula is C15H20F2N2O3S. The first-order valence-electron chi connectivity index (χ1n) is 7.71. The Morgan fingerprint density at radius 1 is 1.30 bits per heavy atom.